The van der Waals surface area contributed by atoms with Crippen molar-refractivity contribution < 1.29 is 0 Å². The lowest BCUT2D eigenvalue weighted by Crippen LogP contribution is -2.13. The molecule has 0 saturated heterocycles. The van der Waals surface area contributed by atoms with Crippen LogP contribution in [0, 0.1) is 5.92 Å². The molecule has 0 radical (unpaired) electrons. The normalized spacial score (nSPS) is 26.2. The van der Waals surface area contributed by atoms with Gasteiger partial charge in [0.25, 0.3) is 0 Å². The largest absolute Gasteiger partial charge is 0.330 e. The maximum Gasteiger partial charge on any atom is 0.0943 e. The van der Waals surface area contributed by atoms with Gasteiger partial charge in [-0.1, -0.05) is 13.8 Å². The number of nitrogens with zero attached hydrogens (tertiary/aromatic N) is 1. The summed E-state index contributed by atoms with van der Waals surface area (Å²) in [6, 6.07) is 0. The predicted octanol–water partition coefficient (Wildman–Crippen LogP) is 2.33. The van der Waals surface area contributed by atoms with E-state index in [9.17, 15) is 0 Å². The van der Waals surface area contributed by atoms with Crippen LogP contribution in [0.25, 0.3) is 0 Å². The highest BCUT2D eigenvalue weighted by atomic mass is 32.1. The lowest BCUT2D eigenvalue weighted by Gasteiger charge is -2.22. The van der Waals surface area contributed by atoms with E-state index in [1.807, 2.05) is 11.3 Å². The Hall–Kier alpha value is -0.410. The Kier molecular flexibility index (Phi) is 2.88. The zero-order valence-electron chi connectivity index (χ0n) is 8.92. The van der Waals surface area contributed by atoms with Gasteiger partial charge in [-0.3, -0.25) is 0 Å². The molecule has 2 N–H and O–H groups in total. The van der Waals surface area contributed by atoms with Gasteiger partial charge in [-0.2, -0.15) is 0 Å². The number of nitrogens with two attached hydrogens (primary N) is 1. The summed E-state index contributed by atoms with van der Waals surface area (Å²) in [7, 11) is 0. The quantitative estimate of drug-likeness (QED) is 0.813. The summed E-state index contributed by atoms with van der Waals surface area (Å²) in [6.45, 7) is 5.35. The Morgan fingerprint density at radius 1 is 1.50 bits per heavy atom. The van der Waals surface area contributed by atoms with Crippen LogP contribution in [0.1, 0.15) is 41.8 Å². The van der Waals surface area contributed by atoms with Gasteiger partial charge in [0, 0.05) is 11.3 Å². The van der Waals surface area contributed by atoms with Crippen molar-refractivity contribution in [3.8, 4) is 0 Å². The molecule has 1 heterocycles. The molecule has 2 rings (SSSR count). The van der Waals surface area contributed by atoms with Gasteiger partial charge in [-0.05, 0) is 31.2 Å². The molecule has 1 aromatic heterocycles. The van der Waals surface area contributed by atoms with Crippen LogP contribution in [0.5, 0.6) is 0 Å². The third-order valence-electron chi connectivity index (χ3n) is 2.89. The first-order valence-corrected chi connectivity index (χ1v) is 6.21. The van der Waals surface area contributed by atoms with Crippen molar-refractivity contribution in [3.05, 3.63) is 15.6 Å². The minimum Gasteiger partial charge on any atom is -0.330 e. The Labute approximate surface area is 89.5 Å². The highest BCUT2D eigenvalue weighted by Crippen LogP contribution is 2.37. The number of aromatic nitrogens is 1. The maximum absolute atomic E-state index is 5.55. The topological polar surface area (TPSA) is 38.9 Å². The zero-order chi connectivity index (χ0) is 10.1. The van der Waals surface area contributed by atoms with Gasteiger partial charge in [-0.25, -0.2) is 4.98 Å². The van der Waals surface area contributed by atoms with E-state index in [0.29, 0.717) is 5.92 Å². The first-order valence-electron chi connectivity index (χ1n) is 5.39. The van der Waals surface area contributed by atoms with Crippen molar-refractivity contribution in [2.24, 2.45) is 11.7 Å². The molecule has 14 heavy (non-hydrogen) atoms. The first-order chi connectivity index (χ1) is 6.70. The molecule has 2 nitrogen and oxygen atoms in total. The zero-order valence-corrected chi connectivity index (χ0v) is 9.73. The molecule has 1 aliphatic carbocycles. The molecule has 2 unspecified atom stereocenters. The molecule has 0 saturated carbocycles. The minimum atomic E-state index is 0.650. The summed E-state index contributed by atoms with van der Waals surface area (Å²) in [6.07, 6.45) is 3.46. The number of rotatable bonds is 2. The lowest BCUT2D eigenvalue weighted by molar-refractivity contribution is 0.448. The van der Waals surface area contributed by atoms with Gasteiger partial charge < -0.3 is 5.73 Å². The van der Waals surface area contributed by atoms with Gasteiger partial charge in [0.1, 0.15) is 0 Å². The second kappa shape index (κ2) is 3.99. The van der Waals surface area contributed by atoms with Crippen LogP contribution >= 0.6 is 11.3 Å². The summed E-state index contributed by atoms with van der Waals surface area (Å²) in [5, 5.41) is 1.23. The van der Waals surface area contributed by atoms with Crippen LogP contribution in [-0.4, -0.2) is 11.5 Å². The molecule has 78 valence electrons. The van der Waals surface area contributed by atoms with Crippen molar-refractivity contribution in [2.75, 3.05) is 6.54 Å². The van der Waals surface area contributed by atoms with E-state index >= 15 is 0 Å². The van der Waals surface area contributed by atoms with Crippen LogP contribution in [0.4, 0.5) is 0 Å². The fourth-order valence-corrected chi connectivity index (χ4v) is 3.66. The molecule has 0 aliphatic heterocycles. The third kappa shape index (κ3) is 1.84. The van der Waals surface area contributed by atoms with Gasteiger partial charge >= 0.3 is 0 Å². The second-order valence-electron chi connectivity index (χ2n) is 4.40. The van der Waals surface area contributed by atoms with E-state index < -0.39 is 0 Å². The van der Waals surface area contributed by atoms with Crippen LogP contribution in [0.15, 0.2) is 0 Å². The average Bonchev–Trinajstić information content (AvgIpc) is 2.48. The third-order valence-corrected chi connectivity index (χ3v) is 4.04. The summed E-state index contributed by atoms with van der Waals surface area (Å²) in [5.74, 6) is 1.47. The number of thiazole rings is 1. The van der Waals surface area contributed by atoms with Crippen LogP contribution in [0.3, 0.4) is 0 Å². The molecule has 0 amide bonds. The summed E-state index contributed by atoms with van der Waals surface area (Å²) < 4.78 is 0. The highest BCUT2D eigenvalue weighted by Gasteiger charge is 2.25. The number of hydrogen-bond donors (Lipinski definition) is 1. The van der Waals surface area contributed by atoms with Crippen LogP contribution in [0.2, 0.25) is 0 Å². The first kappa shape index (κ1) is 10.1. The molecular formula is C11H18N2S. The molecule has 0 spiro atoms. The molecule has 0 bridgehead atoms. The molecule has 0 fully saturated rings. The average molecular weight is 210 g/mol. The van der Waals surface area contributed by atoms with Crippen LogP contribution < -0.4 is 5.73 Å². The van der Waals surface area contributed by atoms with Crippen molar-refractivity contribution >= 4 is 11.3 Å². The van der Waals surface area contributed by atoms with E-state index in [0.717, 1.165) is 18.9 Å². The molecular weight excluding hydrogens is 192 g/mol. The van der Waals surface area contributed by atoms with Crippen LogP contribution in [-0.2, 0) is 12.8 Å². The fourth-order valence-electron chi connectivity index (χ4n) is 2.29. The molecule has 0 aromatic carbocycles. The number of hydrogen-bond acceptors (Lipinski definition) is 3. The summed E-state index contributed by atoms with van der Waals surface area (Å²) in [4.78, 5) is 6.21. The Morgan fingerprint density at radius 3 is 3.00 bits per heavy atom. The highest BCUT2D eigenvalue weighted by molar-refractivity contribution is 7.11. The van der Waals surface area contributed by atoms with Gasteiger partial charge in [0.15, 0.2) is 0 Å². The monoisotopic (exact) mass is 210 g/mol. The van der Waals surface area contributed by atoms with Crippen molar-refractivity contribution in [1.29, 1.82) is 0 Å². The molecule has 1 aliphatic rings. The van der Waals surface area contributed by atoms with E-state index in [1.54, 1.807) is 0 Å². The van der Waals surface area contributed by atoms with E-state index in [1.165, 1.54) is 28.4 Å². The minimum absolute atomic E-state index is 0.650. The Morgan fingerprint density at radius 2 is 2.29 bits per heavy atom. The van der Waals surface area contributed by atoms with Gasteiger partial charge in [-0.15, -0.1) is 11.3 Å². The van der Waals surface area contributed by atoms with Crippen molar-refractivity contribution in [2.45, 2.75) is 39.0 Å². The van der Waals surface area contributed by atoms with Crippen molar-refractivity contribution in [1.82, 2.24) is 4.98 Å². The van der Waals surface area contributed by atoms with Gasteiger partial charge in [0.05, 0.1) is 10.7 Å². The van der Waals surface area contributed by atoms with E-state index in [-0.39, 0.29) is 0 Å². The summed E-state index contributed by atoms with van der Waals surface area (Å²) >= 11 is 1.88. The van der Waals surface area contributed by atoms with E-state index in [2.05, 4.69) is 13.8 Å². The van der Waals surface area contributed by atoms with Gasteiger partial charge in [0.2, 0.25) is 0 Å². The molecule has 1 aromatic rings. The smallest absolute Gasteiger partial charge is 0.0943 e. The SMILES string of the molecule is CC1Cc2sc(CCN)nc2C(C)C1. The summed E-state index contributed by atoms with van der Waals surface area (Å²) in [5.41, 5.74) is 6.90. The van der Waals surface area contributed by atoms with Crippen molar-refractivity contribution in [3.63, 3.8) is 0 Å². The Balaban J connectivity index is 2.26. The molecule has 2 atom stereocenters. The maximum atomic E-state index is 5.55. The standard InChI is InChI=1S/C11H18N2S/c1-7-5-8(2)11-9(6-7)14-10(13-11)3-4-12/h7-8H,3-6,12H2,1-2H3. The lowest BCUT2D eigenvalue weighted by atomic mass is 9.85. The molecule has 3 heteroatoms. The number of fused-ring (bicyclic) bond motifs is 1. The predicted molar refractivity (Wildman–Crippen MR) is 60.8 cm³/mol. The Bertz CT molecular complexity index is 319. The van der Waals surface area contributed by atoms with E-state index in [4.69, 9.17) is 10.7 Å². The fraction of sp³-hybridized carbons (Fsp3) is 0.727. The second-order valence-corrected chi connectivity index (χ2v) is 5.57.